The average molecular weight is 237 g/mol. The molecule has 2 aliphatic rings. The summed E-state index contributed by atoms with van der Waals surface area (Å²) in [6, 6.07) is 0.437. The summed E-state index contributed by atoms with van der Waals surface area (Å²) in [6.07, 6.45) is 7.27. The minimum absolute atomic E-state index is 0.333. The molecule has 2 fully saturated rings. The molecule has 0 aliphatic heterocycles. The van der Waals surface area contributed by atoms with Crippen LogP contribution in [0.25, 0.3) is 0 Å². The van der Waals surface area contributed by atoms with Crippen molar-refractivity contribution in [2.45, 2.75) is 65.3 Å². The summed E-state index contributed by atoms with van der Waals surface area (Å²) in [4.78, 5) is 12.1. The second-order valence-electron chi connectivity index (χ2n) is 6.57. The van der Waals surface area contributed by atoms with Gasteiger partial charge < -0.3 is 5.32 Å². The molecule has 1 N–H and O–H groups in total. The van der Waals surface area contributed by atoms with Gasteiger partial charge in [-0.2, -0.15) is 0 Å². The van der Waals surface area contributed by atoms with Crippen molar-refractivity contribution in [3.8, 4) is 0 Å². The van der Waals surface area contributed by atoms with Crippen LogP contribution in [-0.4, -0.2) is 11.9 Å². The molecule has 0 aromatic heterocycles. The minimum atomic E-state index is 0.333. The molecule has 0 aromatic rings. The van der Waals surface area contributed by atoms with Gasteiger partial charge in [-0.25, -0.2) is 0 Å². The Kier molecular flexibility index (Phi) is 4.11. The molecule has 17 heavy (non-hydrogen) atoms. The van der Waals surface area contributed by atoms with E-state index in [0.29, 0.717) is 29.7 Å². The van der Waals surface area contributed by atoms with Crippen LogP contribution in [0.3, 0.4) is 0 Å². The summed E-state index contributed by atoms with van der Waals surface area (Å²) < 4.78 is 0. The van der Waals surface area contributed by atoms with Gasteiger partial charge in [0.2, 0.25) is 5.91 Å². The molecule has 0 unspecified atom stereocenters. The largest absolute Gasteiger partial charge is 0.353 e. The lowest BCUT2D eigenvalue weighted by Crippen LogP contribution is -2.48. The van der Waals surface area contributed by atoms with Crippen molar-refractivity contribution in [2.75, 3.05) is 0 Å². The van der Waals surface area contributed by atoms with Gasteiger partial charge >= 0.3 is 0 Å². The molecular weight excluding hydrogens is 210 g/mol. The highest BCUT2D eigenvalue weighted by atomic mass is 16.2. The van der Waals surface area contributed by atoms with Crippen molar-refractivity contribution in [2.24, 2.45) is 23.7 Å². The lowest BCUT2D eigenvalue weighted by molar-refractivity contribution is -0.129. The van der Waals surface area contributed by atoms with Crippen LogP contribution < -0.4 is 5.32 Å². The maximum Gasteiger partial charge on any atom is 0.223 e. The maximum absolute atomic E-state index is 12.1. The number of nitrogens with one attached hydrogen (secondary N) is 1. The zero-order valence-electron chi connectivity index (χ0n) is 11.5. The summed E-state index contributed by atoms with van der Waals surface area (Å²) in [5.74, 6) is 2.82. The van der Waals surface area contributed by atoms with E-state index in [2.05, 4.69) is 26.1 Å². The van der Waals surface area contributed by atoms with Gasteiger partial charge in [0.1, 0.15) is 0 Å². The van der Waals surface area contributed by atoms with Gasteiger partial charge in [0, 0.05) is 12.0 Å². The fraction of sp³-hybridized carbons (Fsp3) is 0.933. The number of rotatable bonds is 3. The van der Waals surface area contributed by atoms with E-state index in [-0.39, 0.29) is 0 Å². The zero-order chi connectivity index (χ0) is 12.4. The Morgan fingerprint density at radius 2 is 1.88 bits per heavy atom. The summed E-state index contributed by atoms with van der Waals surface area (Å²) in [5, 5.41) is 3.34. The van der Waals surface area contributed by atoms with Crippen molar-refractivity contribution in [3.05, 3.63) is 0 Å². The molecule has 0 bridgehead atoms. The molecular formula is C15H27NO. The van der Waals surface area contributed by atoms with Crippen LogP contribution in [0.2, 0.25) is 0 Å². The van der Waals surface area contributed by atoms with E-state index in [1.807, 2.05) is 0 Å². The minimum Gasteiger partial charge on any atom is -0.353 e. The lowest BCUT2D eigenvalue weighted by atomic mass is 9.73. The van der Waals surface area contributed by atoms with E-state index in [9.17, 15) is 4.79 Å². The Labute approximate surface area is 106 Å². The number of carbonyl (C=O) groups excluding carboxylic acids is 1. The fourth-order valence-electron chi connectivity index (χ4n) is 3.34. The van der Waals surface area contributed by atoms with Crippen LogP contribution in [-0.2, 0) is 4.79 Å². The summed E-state index contributed by atoms with van der Waals surface area (Å²) >= 11 is 0. The monoisotopic (exact) mass is 237 g/mol. The molecule has 0 spiro atoms. The first-order valence-corrected chi connectivity index (χ1v) is 7.38. The Bertz CT molecular complexity index is 270. The highest BCUT2D eigenvalue weighted by Crippen LogP contribution is 2.34. The molecule has 2 saturated carbocycles. The molecule has 3 atom stereocenters. The van der Waals surface area contributed by atoms with Crippen LogP contribution in [0.4, 0.5) is 0 Å². The lowest BCUT2D eigenvalue weighted by Gasteiger charge is -2.39. The van der Waals surface area contributed by atoms with E-state index < -0.39 is 0 Å². The Morgan fingerprint density at radius 3 is 2.41 bits per heavy atom. The van der Waals surface area contributed by atoms with E-state index in [1.54, 1.807) is 0 Å². The molecule has 0 aromatic carbocycles. The van der Waals surface area contributed by atoms with Crippen LogP contribution in [0.15, 0.2) is 0 Å². The van der Waals surface area contributed by atoms with Gasteiger partial charge in [-0.3, -0.25) is 4.79 Å². The molecule has 98 valence electrons. The SMILES string of the molecule is CC(C)[C@H]1CC[C@@H](C)C[C@@H]1NC(=O)C1CCC1. The molecule has 2 nitrogen and oxygen atoms in total. The predicted octanol–water partition coefficient (Wildman–Crippen LogP) is 3.36. The molecule has 0 radical (unpaired) electrons. The van der Waals surface area contributed by atoms with Crippen molar-refractivity contribution in [1.82, 2.24) is 5.32 Å². The summed E-state index contributed by atoms with van der Waals surface area (Å²) in [5.41, 5.74) is 0. The zero-order valence-corrected chi connectivity index (χ0v) is 11.5. The molecule has 2 rings (SSSR count). The number of amides is 1. The first-order valence-electron chi connectivity index (χ1n) is 7.38. The highest BCUT2D eigenvalue weighted by molar-refractivity contribution is 5.79. The first kappa shape index (κ1) is 12.9. The molecule has 2 aliphatic carbocycles. The Hall–Kier alpha value is -0.530. The molecule has 0 heterocycles. The van der Waals surface area contributed by atoms with E-state index in [1.165, 1.54) is 25.7 Å². The fourth-order valence-corrected chi connectivity index (χ4v) is 3.34. The second kappa shape index (κ2) is 5.41. The van der Waals surface area contributed by atoms with E-state index >= 15 is 0 Å². The smallest absolute Gasteiger partial charge is 0.223 e. The standard InChI is InChI=1S/C15H27NO/c1-10(2)13-8-7-11(3)9-14(13)16-15(17)12-5-4-6-12/h10-14H,4-9H2,1-3H3,(H,16,17)/t11-,13-,14+/m1/s1. The number of carbonyl (C=O) groups is 1. The van der Waals surface area contributed by atoms with Gasteiger partial charge in [0.15, 0.2) is 0 Å². The second-order valence-corrected chi connectivity index (χ2v) is 6.57. The van der Waals surface area contributed by atoms with Crippen LogP contribution in [0.1, 0.15) is 59.3 Å². The van der Waals surface area contributed by atoms with Gasteiger partial charge in [-0.05, 0) is 43.4 Å². The molecule has 0 saturated heterocycles. The van der Waals surface area contributed by atoms with Gasteiger partial charge in [-0.15, -0.1) is 0 Å². The van der Waals surface area contributed by atoms with Gasteiger partial charge in [0.05, 0.1) is 0 Å². The topological polar surface area (TPSA) is 29.1 Å². The molecule has 1 amide bonds. The normalized spacial score (nSPS) is 34.5. The van der Waals surface area contributed by atoms with Crippen LogP contribution in [0.5, 0.6) is 0 Å². The number of hydrogen-bond donors (Lipinski definition) is 1. The maximum atomic E-state index is 12.1. The van der Waals surface area contributed by atoms with Crippen LogP contribution in [0, 0.1) is 23.7 Å². The van der Waals surface area contributed by atoms with Crippen molar-refractivity contribution >= 4 is 5.91 Å². The van der Waals surface area contributed by atoms with Crippen molar-refractivity contribution in [3.63, 3.8) is 0 Å². The molecule has 2 heteroatoms. The highest BCUT2D eigenvalue weighted by Gasteiger charge is 2.34. The van der Waals surface area contributed by atoms with Crippen LogP contribution >= 0.6 is 0 Å². The van der Waals surface area contributed by atoms with Gasteiger partial charge in [-0.1, -0.05) is 33.6 Å². The third-order valence-electron chi connectivity index (χ3n) is 4.83. The third kappa shape index (κ3) is 3.02. The van der Waals surface area contributed by atoms with E-state index in [0.717, 1.165) is 18.8 Å². The summed E-state index contributed by atoms with van der Waals surface area (Å²) in [6.45, 7) is 6.91. The van der Waals surface area contributed by atoms with Crippen molar-refractivity contribution < 1.29 is 4.79 Å². The van der Waals surface area contributed by atoms with E-state index in [4.69, 9.17) is 0 Å². The van der Waals surface area contributed by atoms with Gasteiger partial charge in [0.25, 0.3) is 0 Å². The summed E-state index contributed by atoms with van der Waals surface area (Å²) in [7, 11) is 0. The third-order valence-corrected chi connectivity index (χ3v) is 4.83. The first-order chi connectivity index (χ1) is 8.08. The number of hydrogen-bond acceptors (Lipinski definition) is 1. The Balaban J connectivity index is 1.92. The quantitative estimate of drug-likeness (QED) is 0.801. The van der Waals surface area contributed by atoms with Crippen molar-refractivity contribution in [1.29, 1.82) is 0 Å². The average Bonchev–Trinajstić information content (AvgIpc) is 2.13. The Morgan fingerprint density at radius 1 is 1.18 bits per heavy atom. The predicted molar refractivity (Wildman–Crippen MR) is 70.6 cm³/mol.